The number of hydrogen-bond donors (Lipinski definition) is 2. The standard InChI is InChI=1S/C17H15N5O2S2/c18-16-11-26-17(20-16)21-19-9-13-6-7-15(14(8-13)22(23)24)25-10-12-4-2-1-3-5-12/h1-9,11H,10,18H2,(H,20,21). The number of nitrogen functional groups attached to an aromatic ring is 1. The van der Waals surface area contributed by atoms with Crippen LogP contribution in [0.5, 0.6) is 0 Å². The highest BCUT2D eigenvalue weighted by Gasteiger charge is 2.14. The maximum atomic E-state index is 11.4. The van der Waals surface area contributed by atoms with Crippen LogP contribution in [0.2, 0.25) is 0 Å². The van der Waals surface area contributed by atoms with Crippen molar-refractivity contribution in [3.8, 4) is 0 Å². The molecule has 26 heavy (non-hydrogen) atoms. The summed E-state index contributed by atoms with van der Waals surface area (Å²) < 4.78 is 0. The van der Waals surface area contributed by atoms with Gasteiger partial charge in [0.2, 0.25) is 5.13 Å². The van der Waals surface area contributed by atoms with Crippen LogP contribution >= 0.6 is 23.1 Å². The summed E-state index contributed by atoms with van der Waals surface area (Å²) in [6.07, 6.45) is 1.51. The Morgan fingerprint density at radius 3 is 2.81 bits per heavy atom. The number of hydrogen-bond acceptors (Lipinski definition) is 8. The molecule has 7 nitrogen and oxygen atoms in total. The molecule has 0 aliphatic heterocycles. The van der Waals surface area contributed by atoms with Gasteiger partial charge in [0.1, 0.15) is 5.82 Å². The molecule has 3 rings (SSSR count). The molecule has 0 aliphatic rings. The van der Waals surface area contributed by atoms with Gasteiger partial charge < -0.3 is 5.73 Å². The minimum absolute atomic E-state index is 0.0633. The minimum Gasteiger partial charge on any atom is -0.383 e. The number of hydrazone groups is 1. The van der Waals surface area contributed by atoms with Crippen LogP contribution in [0.1, 0.15) is 11.1 Å². The van der Waals surface area contributed by atoms with E-state index in [0.717, 1.165) is 5.56 Å². The van der Waals surface area contributed by atoms with E-state index >= 15 is 0 Å². The minimum atomic E-state index is -0.375. The second-order valence-corrected chi connectivity index (χ2v) is 7.08. The Balaban J connectivity index is 1.70. The lowest BCUT2D eigenvalue weighted by atomic mass is 10.2. The van der Waals surface area contributed by atoms with E-state index in [9.17, 15) is 10.1 Å². The summed E-state index contributed by atoms with van der Waals surface area (Å²) in [5.41, 5.74) is 10.1. The van der Waals surface area contributed by atoms with Crippen LogP contribution in [0.4, 0.5) is 16.6 Å². The normalized spacial score (nSPS) is 10.9. The third-order valence-corrected chi connectivity index (χ3v) is 5.21. The molecule has 2 aromatic carbocycles. The molecule has 0 saturated carbocycles. The highest BCUT2D eigenvalue weighted by Crippen LogP contribution is 2.32. The number of rotatable bonds is 7. The summed E-state index contributed by atoms with van der Waals surface area (Å²) in [5, 5.41) is 17.7. The van der Waals surface area contributed by atoms with Crippen molar-refractivity contribution in [1.82, 2.24) is 4.98 Å². The summed E-state index contributed by atoms with van der Waals surface area (Å²) >= 11 is 2.76. The van der Waals surface area contributed by atoms with Gasteiger partial charge in [0.15, 0.2) is 0 Å². The van der Waals surface area contributed by atoms with E-state index in [2.05, 4.69) is 15.5 Å². The van der Waals surface area contributed by atoms with Gasteiger partial charge in [-0.05, 0) is 11.6 Å². The zero-order valence-electron chi connectivity index (χ0n) is 13.5. The van der Waals surface area contributed by atoms with Crippen LogP contribution in [0.25, 0.3) is 0 Å². The van der Waals surface area contributed by atoms with Crippen LogP contribution < -0.4 is 11.2 Å². The molecule has 0 fully saturated rings. The number of nitrogens with zero attached hydrogens (tertiary/aromatic N) is 3. The van der Waals surface area contributed by atoms with Gasteiger partial charge in [0.25, 0.3) is 5.69 Å². The number of benzene rings is 2. The topological polar surface area (TPSA) is 106 Å². The molecule has 132 valence electrons. The van der Waals surface area contributed by atoms with Gasteiger partial charge in [-0.15, -0.1) is 23.1 Å². The van der Waals surface area contributed by atoms with Crippen molar-refractivity contribution >= 4 is 46.0 Å². The molecule has 9 heteroatoms. The smallest absolute Gasteiger partial charge is 0.283 e. The summed E-state index contributed by atoms with van der Waals surface area (Å²) in [6, 6.07) is 14.9. The van der Waals surface area contributed by atoms with Crippen molar-refractivity contribution in [2.24, 2.45) is 5.10 Å². The predicted octanol–water partition coefficient (Wildman–Crippen LogP) is 4.37. The molecular weight excluding hydrogens is 370 g/mol. The molecule has 0 amide bonds. The molecular formula is C17H15N5O2S2. The first-order valence-corrected chi connectivity index (χ1v) is 9.43. The van der Waals surface area contributed by atoms with Gasteiger partial charge >= 0.3 is 0 Å². The fourth-order valence-electron chi connectivity index (χ4n) is 2.11. The van der Waals surface area contributed by atoms with E-state index in [-0.39, 0.29) is 10.6 Å². The van der Waals surface area contributed by atoms with Gasteiger partial charge in [-0.1, -0.05) is 36.4 Å². The van der Waals surface area contributed by atoms with Crippen molar-refractivity contribution in [2.45, 2.75) is 10.6 Å². The van der Waals surface area contributed by atoms with Gasteiger partial charge in [-0.3, -0.25) is 15.5 Å². The zero-order chi connectivity index (χ0) is 18.4. The third kappa shape index (κ3) is 4.80. The number of thioether (sulfide) groups is 1. The zero-order valence-corrected chi connectivity index (χ0v) is 15.2. The molecule has 3 N–H and O–H groups in total. The fourth-order valence-corrected chi connectivity index (χ4v) is 3.62. The SMILES string of the molecule is Nc1csc(NN=Cc2ccc(SCc3ccccc3)c([N+](=O)[O-])c2)n1. The van der Waals surface area contributed by atoms with Crippen LogP contribution in [0, 0.1) is 10.1 Å². The molecule has 0 atom stereocenters. The van der Waals surface area contributed by atoms with Crippen LogP contribution in [0.3, 0.4) is 0 Å². The van der Waals surface area contributed by atoms with Crippen molar-refractivity contribution in [3.05, 3.63) is 75.2 Å². The van der Waals surface area contributed by atoms with Crippen LogP contribution in [0.15, 0.2) is 63.9 Å². The van der Waals surface area contributed by atoms with Crippen molar-refractivity contribution in [1.29, 1.82) is 0 Å². The molecule has 0 aliphatic carbocycles. The molecule has 1 aromatic heterocycles. The van der Waals surface area contributed by atoms with Gasteiger partial charge in [-0.25, -0.2) is 4.98 Å². The first-order valence-electron chi connectivity index (χ1n) is 7.57. The Bertz CT molecular complexity index is 928. The lowest BCUT2D eigenvalue weighted by Gasteiger charge is -2.04. The first-order chi connectivity index (χ1) is 12.6. The van der Waals surface area contributed by atoms with Gasteiger partial charge in [-0.2, -0.15) is 5.10 Å². The highest BCUT2D eigenvalue weighted by molar-refractivity contribution is 7.98. The maximum absolute atomic E-state index is 11.4. The molecule has 0 saturated heterocycles. The average molecular weight is 385 g/mol. The summed E-state index contributed by atoms with van der Waals surface area (Å²) in [7, 11) is 0. The average Bonchev–Trinajstić information content (AvgIpc) is 3.06. The van der Waals surface area contributed by atoms with Crippen LogP contribution in [-0.4, -0.2) is 16.1 Å². The van der Waals surface area contributed by atoms with E-state index in [1.807, 2.05) is 30.3 Å². The number of nitro groups is 1. The quantitative estimate of drug-likeness (QED) is 0.271. The molecule has 0 radical (unpaired) electrons. The fraction of sp³-hybridized carbons (Fsp3) is 0.0588. The second-order valence-electron chi connectivity index (χ2n) is 5.21. The van der Waals surface area contributed by atoms with E-state index < -0.39 is 0 Å². The molecule has 0 bridgehead atoms. The predicted molar refractivity (Wildman–Crippen MR) is 107 cm³/mol. The molecule has 3 aromatic rings. The number of nitro benzene ring substituents is 1. The summed E-state index contributed by atoms with van der Waals surface area (Å²) in [5.74, 6) is 1.09. The summed E-state index contributed by atoms with van der Waals surface area (Å²) in [6.45, 7) is 0. The number of anilines is 2. The second kappa shape index (κ2) is 8.45. The Hall–Kier alpha value is -2.91. The maximum Gasteiger partial charge on any atom is 0.283 e. The Labute approximate surface area is 158 Å². The Morgan fingerprint density at radius 2 is 2.12 bits per heavy atom. The first kappa shape index (κ1) is 17.9. The third-order valence-electron chi connectivity index (χ3n) is 3.31. The van der Waals surface area contributed by atoms with E-state index in [0.29, 0.717) is 27.2 Å². The molecule has 1 heterocycles. The molecule has 0 spiro atoms. The van der Waals surface area contributed by atoms with Crippen LogP contribution in [-0.2, 0) is 5.75 Å². The lowest BCUT2D eigenvalue weighted by Crippen LogP contribution is -1.95. The number of aromatic nitrogens is 1. The number of thiazole rings is 1. The monoisotopic (exact) mass is 385 g/mol. The van der Waals surface area contributed by atoms with Crippen molar-refractivity contribution in [2.75, 3.05) is 11.2 Å². The number of nitrogens with two attached hydrogens (primary N) is 1. The number of nitrogens with one attached hydrogen (secondary N) is 1. The van der Waals surface area contributed by atoms with E-state index in [1.165, 1.54) is 35.4 Å². The van der Waals surface area contributed by atoms with Gasteiger partial charge in [0, 0.05) is 22.8 Å². The largest absolute Gasteiger partial charge is 0.383 e. The Kier molecular flexibility index (Phi) is 5.82. The van der Waals surface area contributed by atoms with Crippen molar-refractivity contribution < 1.29 is 4.92 Å². The Morgan fingerprint density at radius 1 is 1.31 bits per heavy atom. The summed E-state index contributed by atoms with van der Waals surface area (Å²) in [4.78, 5) is 15.7. The van der Waals surface area contributed by atoms with E-state index in [1.54, 1.807) is 17.5 Å². The van der Waals surface area contributed by atoms with Crippen molar-refractivity contribution in [3.63, 3.8) is 0 Å². The molecule has 0 unspecified atom stereocenters. The lowest BCUT2D eigenvalue weighted by molar-refractivity contribution is -0.387. The van der Waals surface area contributed by atoms with Gasteiger partial charge in [0.05, 0.1) is 16.0 Å². The highest BCUT2D eigenvalue weighted by atomic mass is 32.2. The van der Waals surface area contributed by atoms with E-state index in [4.69, 9.17) is 5.73 Å².